The summed E-state index contributed by atoms with van der Waals surface area (Å²) in [5.41, 5.74) is 2.22. The van der Waals surface area contributed by atoms with E-state index in [2.05, 4.69) is 23.4 Å². The second-order valence-corrected chi connectivity index (χ2v) is 5.66. The van der Waals surface area contributed by atoms with Crippen molar-refractivity contribution in [2.24, 2.45) is 0 Å². The first kappa shape index (κ1) is 15.1. The van der Waals surface area contributed by atoms with Gasteiger partial charge in [-0.15, -0.1) is 0 Å². The van der Waals surface area contributed by atoms with Crippen molar-refractivity contribution < 1.29 is 9.53 Å². The number of carbonyl (C=O) groups excluding carboxylic acids is 1. The maximum absolute atomic E-state index is 11.5. The molecule has 1 unspecified atom stereocenters. The van der Waals surface area contributed by atoms with Crippen LogP contribution in [0.5, 0.6) is 0 Å². The van der Waals surface area contributed by atoms with Crippen LogP contribution in [0.2, 0.25) is 0 Å². The molecule has 0 amide bonds. The smallest absolute Gasteiger partial charge is 0.318 e. The molecule has 5 heteroatoms. The number of hydrogen-bond acceptors (Lipinski definition) is 4. The lowest BCUT2D eigenvalue weighted by Crippen LogP contribution is -2.16. The summed E-state index contributed by atoms with van der Waals surface area (Å²) >= 11 is 1.47. The Labute approximate surface area is 113 Å². The summed E-state index contributed by atoms with van der Waals surface area (Å²) in [6, 6.07) is 0. The third kappa shape index (κ3) is 3.51. The molecule has 0 spiro atoms. The van der Waals surface area contributed by atoms with Gasteiger partial charge in [-0.2, -0.15) is 0 Å². The lowest BCUT2D eigenvalue weighted by atomic mass is 10.3. The fraction of sp³-hybridized carbons (Fsp3) is 0.692. The van der Waals surface area contributed by atoms with Crippen LogP contribution in [0.3, 0.4) is 0 Å². The van der Waals surface area contributed by atoms with Gasteiger partial charge < -0.3 is 9.30 Å². The predicted molar refractivity (Wildman–Crippen MR) is 73.9 cm³/mol. The third-order valence-electron chi connectivity index (χ3n) is 2.97. The lowest BCUT2D eigenvalue weighted by molar-refractivity contribution is -0.139. The first-order chi connectivity index (χ1) is 8.51. The van der Waals surface area contributed by atoms with Crippen molar-refractivity contribution in [1.82, 2.24) is 9.55 Å². The van der Waals surface area contributed by atoms with Gasteiger partial charge in [0.05, 0.1) is 12.8 Å². The van der Waals surface area contributed by atoms with Crippen molar-refractivity contribution in [3.05, 3.63) is 11.4 Å². The number of aryl methyl sites for hydroxylation is 1. The Bertz CT molecular complexity index is 415. The van der Waals surface area contributed by atoms with Crippen molar-refractivity contribution in [3.63, 3.8) is 0 Å². The zero-order chi connectivity index (χ0) is 13.7. The minimum absolute atomic E-state index is 0.208. The molecule has 0 saturated carbocycles. The van der Waals surface area contributed by atoms with Crippen LogP contribution in [-0.2, 0) is 16.1 Å². The minimum atomic E-state index is -0.225. The van der Waals surface area contributed by atoms with Gasteiger partial charge in [-0.1, -0.05) is 25.1 Å². The number of nitrogens with zero attached hydrogens (tertiary/aromatic N) is 2. The molecule has 0 bridgehead atoms. The van der Waals surface area contributed by atoms with Crippen LogP contribution in [0, 0.1) is 13.8 Å². The number of esters is 1. The highest BCUT2D eigenvalue weighted by Crippen LogP contribution is 2.26. The number of methoxy groups -OCH3 is 1. The number of ether oxygens (including phenoxy) is 1. The van der Waals surface area contributed by atoms with Crippen LogP contribution in [0.4, 0.5) is 0 Å². The zero-order valence-corrected chi connectivity index (χ0v) is 12.6. The van der Waals surface area contributed by atoms with E-state index in [1.165, 1.54) is 24.6 Å². The fourth-order valence-corrected chi connectivity index (χ4v) is 2.72. The van der Waals surface area contributed by atoms with Crippen LogP contribution in [-0.4, -0.2) is 27.9 Å². The quantitative estimate of drug-likeness (QED) is 0.589. The van der Waals surface area contributed by atoms with E-state index < -0.39 is 0 Å². The fourth-order valence-electron chi connectivity index (χ4n) is 1.67. The molecule has 102 valence electrons. The van der Waals surface area contributed by atoms with Crippen molar-refractivity contribution in [2.75, 3.05) is 7.11 Å². The van der Waals surface area contributed by atoms with Gasteiger partial charge in [-0.25, -0.2) is 4.98 Å². The SMILES string of the molecule is CCCCn1c(SC(C)C(=O)OC)nc(C)c1C. The number of imidazole rings is 1. The van der Waals surface area contributed by atoms with E-state index in [-0.39, 0.29) is 11.2 Å². The molecule has 1 heterocycles. The van der Waals surface area contributed by atoms with Gasteiger partial charge in [0, 0.05) is 12.2 Å². The molecule has 0 radical (unpaired) electrons. The summed E-state index contributed by atoms with van der Waals surface area (Å²) in [4.78, 5) is 16.0. The lowest BCUT2D eigenvalue weighted by Gasteiger charge is -2.11. The summed E-state index contributed by atoms with van der Waals surface area (Å²) in [6.07, 6.45) is 2.27. The van der Waals surface area contributed by atoms with E-state index in [0.717, 1.165) is 30.2 Å². The molecule has 1 atom stereocenters. The van der Waals surface area contributed by atoms with Gasteiger partial charge in [0.2, 0.25) is 0 Å². The van der Waals surface area contributed by atoms with E-state index in [1.54, 1.807) is 0 Å². The molecule has 0 aliphatic heterocycles. The maximum atomic E-state index is 11.5. The number of unbranched alkanes of at least 4 members (excludes halogenated alkanes) is 1. The van der Waals surface area contributed by atoms with E-state index in [4.69, 9.17) is 4.74 Å². The minimum Gasteiger partial charge on any atom is -0.468 e. The maximum Gasteiger partial charge on any atom is 0.318 e. The highest BCUT2D eigenvalue weighted by Gasteiger charge is 2.19. The topological polar surface area (TPSA) is 44.1 Å². The standard InChI is InChI=1S/C13H22N2O2S/c1-6-7-8-15-10(3)9(2)14-13(15)18-11(4)12(16)17-5/h11H,6-8H2,1-5H3. The first-order valence-electron chi connectivity index (χ1n) is 6.29. The molecule has 4 nitrogen and oxygen atoms in total. The largest absolute Gasteiger partial charge is 0.468 e. The number of aromatic nitrogens is 2. The van der Waals surface area contributed by atoms with E-state index in [0.29, 0.717) is 0 Å². The molecule has 0 fully saturated rings. The van der Waals surface area contributed by atoms with Crippen molar-refractivity contribution in [3.8, 4) is 0 Å². The Hall–Kier alpha value is -0.970. The molecule has 18 heavy (non-hydrogen) atoms. The monoisotopic (exact) mass is 270 g/mol. The summed E-state index contributed by atoms with van der Waals surface area (Å²) in [5.74, 6) is -0.208. The normalized spacial score (nSPS) is 12.5. The molecule has 0 N–H and O–H groups in total. The predicted octanol–water partition coefficient (Wildman–Crippen LogP) is 2.95. The van der Waals surface area contributed by atoms with Gasteiger partial charge in [0.25, 0.3) is 0 Å². The van der Waals surface area contributed by atoms with Crippen LogP contribution in [0.1, 0.15) is 38.1 Å². The second kappa shape index (κ2) is 6.83. The van der Waals surface area contributed by atoms with Crippen molar-refractivity contribution >= 4 is 17.7 Å². The van der Waals surface area contributed by atoms with Gasteiger partial charge >= 0.3 is 5.97 Å². The van der Waals surface area contributed by atoms with E-state index in [1.807, 2.05) is 13.8 Å². The molecule has 1 rings (SSSR count). The number of hydrogen-bond donors (Lipinski definition) is 0. The first-order valence-corrected chi connectivity index (χ1v) is 7.17. The van der Waals surface area contributed by atoms with Crippen LogP contribution < -0.4 is 0 Å². The van der Waals surface area contributed by atoms with Crippen molar-refractivity contribution in [2.45, 2.75) is 57.5 Å². The molecule has 1 aromatic rings. The van der Waals surface area contributed by atoms with Crippen LogP contribution >= 0.6 is 11.8 Å². The Morgan fingerprint density at radius 1 is 1.50 bits per heavy atom. The van der Waals surface area contributed by atoms with Gasteiger partial charge in [-0.3, -0.25) is 4.79 Å². The van der Waals surface area contributed by atoms with E-state index in [9.17, 15) is 4.79 Å². The summed E-state index contributed by atoms with van der Waals surface area (Å²) in [6.45, 7) is 9.05. The molecular weight excluding hydrogens is 248 g/mol. The number of rotatable bonds is 6. The van der Waals surface area contributed by atoms with Gasteiger partial charge in [0.15, 0.2) is 5.16 Å². The Balaban J connectivity index is 2.87. The van der Waals surface area contributed by atoms with Gasteiger partial charge in [0.1, 0.15) is 5.25 Å². The summed E-state index contributed by atoms with van der Waals surface area (Å²) < 4.78 is 6.94. The number of thioether (sulfide) groups is 1. The highest BCUT2D eigenvalue weighted by atomic mass is 32.2. The Morgan fingerprint density at radius 2 is 2.17 bits per heavy atom. The molecule has 0 aliphatic carbocycles. The zero-order valence-electron chi connectivity index (χ0n) is 11.8. The van der Waals surface area contributed by atoms with Crippen LogP contribution in [0.15, 0.2) is 5.16 Å². The average Bonchev–Trinajstić information content (AvgIpc) is 2.61. The third-order valence-corrected chi connectivity index (χ3v) is 4.04. The molecule has 0 aromatic carbocycles. The average molecular weight is 270 g/mol. The van der Waals surface area contributed by atoms with Crippen LogP contribution in [0.25, 0.3) is 0 Å². The molecule has 1 aromatic heterocycles. The number of carbonyl (C=O) groups is 1. The Morgan fingerprint density at radius 3 is 2.72 bits per heavy atom. The van der Waals surface area contributed by atoms with E-state index >= 15 is 0 Å². The highest BCUT2D eigenvalue weighted by molar-refractivity contribution is 8.00. The molecular formula is C13H22N2O2S. The van der Waals surface area contributed by atoms with Crippen molar-refractivity contribution in [1.29, 1.82) is 0 Å². The second-order valence-electron chi connectivity index (χ2n) is 4.35. The summed E-state index contributed by atoms with van der Waals surface area (Å²) in [7, 11) is 1.42. The molecule has 0 saturated heterocycles. The summed E-state index contributed by atoms with van der Waals surface area (Å²) in [5, 5.41) is 0.688. The Kier molecular flexibility index (Phi) is 5.72. The van der Waals surface area contributed by atoms with Gasteiger partial charge in [-0.05, 0) is 27.2 Å². The molecule has 0 aliphatic rings.